The van der Waals surface area contributed by atoms with E-state index in [0.29, 0.717) is 5.02 Å². The number of anilines is 1. The second kappa shape index (κ2) is 6.44. The zero-order valence-electron chi connectivity index (χ0n) is 11.1. The van der Waals surface area contributed by atoms with Crippen molar-refractivity contribution in [3.63, 3.8) is 0 Å². The van der Waals surface area contributed by atoms with E-state index in [1.54, 1.807) is 24.3 Å². The minimum Gasteiger partial charge on any atom is -0.479 e. The summed E-state index contributed by atoms with van der Waals surface area (Å²) >= 11 is 5.83. The number of carboxylic acids is 1. The maximum absolute atomic E-state index is 11.6. The molecule has 2 rings (SSSR count). The molecule has 2 N–H and O–H groups in total. The normalized spacial score (nSPS) is 11.9. The van der Waals surface area contributed by atoms with Crippen LogP contribution >= 0.6 is 11.6 Å². The van der Waals surface area contributed by atoms with E-state index in [1.807, 2.05) is 31.2 Å². The topological polar surface area (TPSA) is 49.3 Å². The Morgan fingerprint density at radius 3 is 2.45 bits per heavy atom. The zero-order valence-corrected chi connectivity index (χ0v) is 11.9. The highest BCUT2D eigenvalue weighted by Crippen LogP contribution is 2.24. The summed E-state index contributed by atoms with van der Waals surface area (Å²) in [5, 5.41) is 13.1. The number of benzene rings is 2. The van der Waals surface area contributed by atoms with Gasteiger partial charge in [-0.2, -0.15) is 0 Å². The van der Waals surface area contributed by atoms with Crippen molar-refractivity contribution in [3.05, 3.63) is 64.7 Å². The highest BCUT2D eigenvalue weighted by molar-refractivity contribution is 6.30. The molecule has 1 unspecified atom stereocenters. The number of aliphatic carboxylic acids is 1. The van der Waals surface area contributed by atoms with Gasteiger partial charge in [0.25, 0.3) is 0 Å². The summed E-state index contributed by atoms with van der Waals surface area (Å²) in [4.78, 5) is 11.6. The number of carboxylic acid groups (broad SMARTS) is 1. The minimum atomic E-state index is -0.902. The summed E-state index contributed by atoms with van der Waals surface area (Å²) in [5.74, 6) is -0.902. The van der Waals surface area contributed by atoms with Crippen molar-refractivity contribution in [2.75, 3.05) is 5.32 Å². The van der Waals surface area contributed by atoms with E-state index in [2.05, 4.69) is 5.32 Å². The van der Waals surface area contributed by atoms with Crippen LogP contribution < -0.4 is 5.32 Å². The molecule has 0 aliphatic carbocycles. The standard InChI is InChI=1S/C16H16ClNO2/c1-2-11-5-3-4-6-14(11)15(16(19)20)18-13-9-7-12(17)8-10-13/h3-10,15,18H,2H2,1H3,(H,19,20). The Balaban J connectivity index is 2.32. The third-order valence-corrected chi connectivity index (χ3v) is 3.40. The van der Waals surface area contributed by atoms with E-state index in [4.69, 9.17) is 11.6 Å². The lowest BCUT2D eigenvalue weighted by Crippen LogP contribution is -2.21. The quantitative estimate of drug-likeness (QED) is 0.870. The number of hydrogen-bond acceptors (Lipinski definition) is 2. The minimum absolute atomic E-state index is 0.622. The number of nitrogens with one attached hydrogen (secondary N) is 1. The van der Waals surface area contributed by atoms with Crippen molar-refractivity contribution in [1.29, 1.82) is 0 Å². The molecule has 2 aromatic rings. The van der Waals surface area contributed by atoms with Crippen LogP contribution in [0.1, 0.15) is 24.1 Å². The number of halogens is 1. The van der Waals surface area contributed by atoms with Gasteiger partial charge in [-0.3, -0.25) is 0 Å². The Labute approximate surface area is 123 Å². The van der Waals surface area contributed by atoms with Crippen LogP contribution in [-0.4, -0.2) is 11.1 Å². The van der Waals surface area contributed by atoms with Crippen molar-refractivity contribution in [1.82, 2.24) is 0 Å². The van der Waals surface area contributed by atoms with Crippen molar-refractivity contribution in [3.8, 4) is 0 Å². The summed E-state index contributed by atoms with van der Waals surface area (Å²) in [5.41, 5.74) is 2.55. The van der Waals surface area contributed by atoms with Crippen molar-refractivity contribution < 1.29 is 9.90 Å². The van der Waals surface area contributed by atoms with Gasteiger partial charge in [0.2, 0.25) is 0 Å². The maximum Gasteiger partial charge on any atom is 0.330 e. The van der Waals surface area contributed by atoms with Crippen molar-refractivity contribution >= 4 is 23.3 Å². The smallest absolute Gasteiger partial charge is 0.330 e. The zero-order chi connectivity index (χ0) is 14.5. The first-order valence-electron chi connectivity index (χ1n) is 6.44. The number of carbonyl (C=O) groups is 1. The van der Waals surface area contributed by atoms with Crippen LogP contribution in [-0.2, 0) is 11.2 Å². The van der Waals surface area contributed by atoms with E-state index in [1.165, 1.54) is 0 Å². The van der Waals surface area contributed by atoms with Crippen LogP contribution in [0.2, 0.25) is 5.02 Å². The molecular formula is C16H16ClNO2. The molecule has 0 aliphatic heterocycles. The Hall–Kier alpha value is -2.00. The first-order valence-corrected chi connectivity index (χ1v) is 6.82. The SMILES string of the molecule is CCc1ccccc1C(Nc1ccc(Cl)cc1)C(=O)O. The number of hydrogen-bond donors (Lipinski definition) is 2. The summed E-state index contributed by atoms with van der Waals surface area (Å²) in [6.07, 6.45) is 0.794. The Morgan fingerprint density at radius 1 is 1.20 bits per heavy atom. The molecule has 0 aliphatic rings. The van der Waals surface area contributed by atoms with Crippen LogP contribution in [0.25, 0.3) is 0 Å². The van der Waals surface area contributed by atoms with Crippen molar-refractivity contribution in [2.24, 2.45) is 0 Å². The van der Waals surface area contributed by atoms with Crippen LogP contribution in [0, 0.1) is 0 Å². The van der Waals surface area contributed by atoms with E-state index in [0.717, 1.165) is 23.2 Å². The van der Waals surface area contributed by atoms with Gasteiger partial charge in [-0.1, -0.05) is 42.8 Å². The Kier molecular flexibility index (Phi) is 4.64. The Morgan fingerprint density at radius 2 is 1.85 bits per heavy atom. The third kappa shape index (κ3) is 3.31. The molecule has 0 heterocycles. The van der Waals surface area contributed by atoms with E-state index in [-0.39, 0.29) is 0 Å². The molecule has 2 aromatic carbocycles. The van der Waals surface area contributed by atoms with Crippen LogP contribution in [0.5, 0.6) is 0 Å². The van der Waals surface area contributed by atoms with Crippen LogP contribution in [0.3, 0.4) is 0 Å². The molecule has 104 valence electrons. The first-order chi connectivity index (χ1) is 9.61. The highest BCUT2D eigenvalue weighted by atomic mass is 35.5. The van der Waals surface area contributed by atoms with Crippen LogP contribution in [0.15, 0.2) is 48.5 Å². The molecule has 20 heavy (non-hydrogen) atoms. The molecule has 0 radical (unpaired) electrons. The van der Waals surface area contributed by atoms with Gasteiger partial charge in [0, 0.05) is 10.7 Å². The molecule has 4 heteroatoms. The van der Waals surface area contributed by atoms with Gasteiger partial charge in [0.15, 0.2) is 6.04 Å². The lowest BCUT2D eigenvalue weighted by molar-refractivity contribution is -0.138. The van der Waals surface area contributed by atoms with Gasteiger partial charge >= 0.3 is 5.97 Å². The summed E-state index contributed by atoms with van der Waals surface area (Å²) in [6.45, 7) is 2.01. The summed E-state index contributed by atoms with van der Waals surface area (Å²) < 4.78 is 0. The van der Waals surface area contributed by atoms with Crippen LogP contribution in [0.4, 0.5) is 5.69 Å². The largest absolute Gasteiger partial charge is 0.479 e. The average Bonchev–Trinajstić information content (AvgIpc) is 2.46. The molecule has 0 saturated carbocycles. The molecule has 3 nitrogen and oxygen atoms in total. The van der Waals surface area contributed by atoms with E-state index < -0.39 is 12.0 Å². The summed E-state index contributed by atoms with van der Waals surface area (Å²) in [7, 11) is 0. The molecule has 0 fully saturated rings. The highest BCUT2D eigenvalue weighted by Gasteiger charge is 2.21. The van der Waals surface area contributed by atoms with E-state index in [9.17, 15) is 9.90 Å². The predicted octanol–water partition coefficient (Wildman–Crippen LogP) is 4.14. The molecule has 0 saturated heterocycles. The van der Waals surface area contributed by atoms with Gasteiger partial charge < -0.3 is 10.4 Å². The van der Waals surface area contributed by atoms with Gasteiger partial charge in [-0.25, -0.2) is 4.79 Å². The number of rotatable bonds is 5. The first kappa shape index (κ1) is 14.4. The fourth-order valence-electron chi connectivity index (χ4n) is 2.12. The van der Waals surface area contributed by atoms with Crippen molar-refractivity contribution in [2.45, 2.75) is 19.4 Å². The number of aryl methyl sites for hydroxylation is 1. The maximum atomic E-state index is 11.6. The average molecular weight is 290 g/mol. The lowest BCUT2D eigenvalue weighted by atomic mass is 9.98. The molecule has 0 spiro atoms. The van der Waals surface area contributed by atoms with Gasteiger partial charge in [-0.05, 0) is 41.8 Å². The summed E-state index contributed by atoms with van der Waals surface area (Å²) in [6, 6.07) is 13.8. The molecular weight excluding hydrogens is 274 g/mol. The monoisotopic (exact) mass is 289 g/mol. The second-order valence-corrected chi connectivity index (χ2v) is 4.91. The molecule has 0 amide bonds. The molecule has 0 aromatic heterocycles. The van der Waals surface area contributed by atoms with Gasteiger partial charge in [-0.15, -0.1) is 0 Å². The Bertz CT molecular complexity index is 596. The fraction of sp³-hybridized carbons (Fsp3) is 0.188. The van der Waals surface area contributed by atoms with Gasteiger partial charge in [0.05, 0.1) is 0 Å². The predicted molar refractivity (Wildman–Crippen MR) is 81.3 cm³/mol. The van der Waals surface area contributed by atoms with E-state index >= 15 is 0 Å². The molecule has 1 atom stereocenters. The third-order valence-electron chi connectivity index (χ3n) is 3.15. The second-order valence-electron chi connectivity index (χ2n) is 4.47. The fourth-order valence-corrected chi connectivity index (χ4v) is 2.25. The lowest BCUT2D eigenvalue weighted by Gasteiger charge is -2.19. The molecule has 0 bridgehead atoms. The van der Waals surface area contributed by atoms with Gasteiger partial charge in [0.1, 0.15) is 0 Å².